The van der Waals surface area contributed by atoms with Gasteiger partial charge in [-0.25, -0.2) is 8.42 Å². The van der Waals surface area contributed by atoms with Gasteiger partial charge in [-0.05, 0) is 48.9 Å². The van der Waals surface area contributed by atoms with Gasteiger partial charge in [0.05, 0.1) is 12.0 Å². The van der Waals surface area contributed by atoms with Crippen molar-refractivity contribution in [2.45, 2.75) is 17.9 Å². The number of hydrogen-bond acceptors (Lipinski definition) is 4. The fraction of sp³-hybridized carbons (Fsp3) is 0.368. The third kappa shape index (κ3) is 5.15. The van der Waals surface area contributed by atoms with Gasteiger partial charge < -0.3 is 4.74 Å². The molecule has 2 aromatic rings. The molecule has 1 aliphatic rings. The molecule has 0 aromatic heterocycles. The molecule has 146 valence electrons. The normalized spacial score (nSPS) is 16.9. The van der Waals surface area contributed by atoms with Crippen LogP contribution in [0, 0.1) is 0 Å². The van der Waals surface area contributed by atoms with Gasteiger partial charge in [-0.3, -0.25) is 4.90 Å². The standard InChI is InChI=1S/C19H22Cl2N2O3S/c1-26-18-5-3-15(4-6-18)14-22-7-2-8-23(10-9-22)27(24,25)19-12-16(20)11-17(21)13-19/h3-6,11-13H,2,7-10,14H2,1H3. The summed E-state index contributed by atoms with van der Waals surface area (Å²) in [6.45, 7) is 3.20. The van der Waals surface area contributed by atoms with Crippen LogP contribution in [0.15, 0.2) is 47.4 Å². The molecule has 0 spiro atoms. The van der Waals surface area contributed by atoms with Crippen molar-refractivity contribution in [3.8, 4) is 5.75 Å². The molecule has 0 bridgehead atoms. The van der Waals surface area contributed by atoms with Gasteiger partial charge in [-0.1, -0.05) is 35.3 Å². The lowest BCUT2D eigenvalue weighted by Crippen LogP contribution is -2.35. The van der Waals surface area contributed by atoms with Crippen molar-refractivity contribution in [2.24, 2.45) is 0 Å². The molecule has 0 atom stereocenters. The van der Waals surface area contributed by atoms with Crippen molar-refractivity contribution >= 4 is 33.2 Å². The van der Waals surface area contributed by atoms with E-state index in [9.17, 15) is 8.42 Å². The third-order valence-corrected chi connectivity index (χ3v) is 6.90. The van der Waals surface area contributed by atoms with Crippen LogP contribution >= 0.6 is 23.2 Å². The first kappa shape index (κ1) is 20.4. The summed E-state index contributed by atoms with van der Waals surface area (Å²) in [5.41, 5.74) is 1.17. The van der Waals surface area contributed by atoms with Crippen LogP contribution in [-0.2, 0) is 16.6 Å². The van der Waals surface area contributed by atoms with Crippen LogP contribution in [0.2, 0.25) is 10.0 Å². The first-order valence-electron chi connectivity index (χ1n) is 8.70. The van der Waals surface area contributed by atoms with E-state index < -0.39 is 10.0 Å². The quantitative estimate of drug-likeness (QED) is 0.724. The highest BCUT2D eigenvalue weighted by molar-refractivity contribution is 7.89. The maximum atomic E-state index is 13.0. The zero-order valence-corrected chi connectivity index (χ0v) is 17.4. The van der Waals surface area contributed by atoms with Gasteiger partial charge in [0.15, 0.2) is 0 Å². The Balaban J connectivity index is 1.68. The largest absolute Gasteiger partial charge is 0.497 e. The summed E-state index contributed by atoms with van der Waals surface area (Å²) in [7, 11) is -1.97. The van der Waals surface area contributed by atoms with Gasteiger partial charge in [0.2, 0.25) is 10.0 Å². The molecule has 0 saturated carbocycles. The Morgan fingerprint density at radius 3 is 2.26 bits per heavy atom. The molecule has 0 radical (unpaired) electrons. The first-order chi connectivity index (χ1) is 12.9. The number of hydrogen-bond donors (Lipinski definition) is 0. The van der Waals surface area contributed by atoms with E-state index in [1.807, 2.05) is 24.3 Å². The molecule has 1 aliphatic heterocycles. The van der Waals surface area contributed by atoms with Gasteiger partial charge in [-0.2, -0.15) is 4.31 Å². The second-order valence-corrected chi connectivity index (χ2v) is 9.30. The fourth-order valence-electron chi connectivity index (χ4n) is 3.16. The van der Waals surface area contributed by atoms with E-state index in [1.165, 1.54) is 28.1 Å². The van der Waals surface area contributed by atoms with Crippen LogP contribution in [0.4, 0.5) is 0 Å². The number of rotatable bonds is 5. The lowest BCUT2D eigenvalue weighted by atomic mass is 10.2. The smallest absolute Gasteiger partial charge is 0.243 e. The average Bonchev–Trinajstić information content (AvgIpc) is 2.87. The van der Waals surface area contributed by atoms with Crippen molar-refractivity contribution < 1.29 is 13.2 Å². The Hall–Kier alpha value is -1.31. The van der Waals surface area contributed by atoms with Gasteiger partial charge in [-0.15, -0.1) is 0 Å². The van der Waals surface area contributed by atoms with Crippen molar-refractivity contribution in [1.29, 1.82) is 0 Å². The number of sulfonamides is 1. The molecular weight excluding hydrogens is 407 g/mol. The Kier molecular flexibility index (Phi) is 6.65. The van der Waals surface area contributed by atoms with Crippen LogP contribution < -0.4 is 4.74 Å². The second-order valence-electron chi connectivity index (χ2n) is 6.49. The maximum absolute atomic E-state index is 13.0. The summed E-state index contributed by atoms with van der Waals surface area (Å²) in [6, 6.07) is 12.4. The topological polar surface area (TPSA) is 49.9 Å². The Bertz CT molecular complexity index is 868. The van der Waals surface area contributed by atoms with Crippen LogP contribution in [0.1, 0.15) is 12.0 Å². The van der Waals surface area contributed by atoms with E-state index in [-0.39, 0.29) is 4.90 Å². The monoisotopic (exact) mass is 428 g/mol. The summed E-state index contributed by atoms with van der Waals surface area (Å²) in [5.74, 6) is 0.826. The van der Waals surface area contributed by atoms with E-state index in [1.54, 1.807) is 7.11 Å². The Morgan fingerprint density at radius 2 is 1.63 bits per heavy atom. The minimum atomic E-state index is -3.61. The lowest BCUT2D eigenvalue weighted by molar-refractivity contribution is 0.278. The van der Waals surface area contributed by atoms with Crippen molar-refractivity contribution in [1.82, 2.24) is 9.21 Å². The van der Waals surface area contributed by atoms with Gasteiger partial charge in [0.1, 0.15) is 5.75 Å². The van der Waals surface area contributed by atoms with Crippen LogP contribution in [0.3, 0.4) is 0 Å². The molecule has 27 heavy (non-hydrogen) atoms. The maximum Gasteiger partial charge on any atom is 0.243 e. The van der Waals surface area contributed by atoms with Crippen LogP contribution in [0.25, 0.3) is 0 Å². The first-order valence-corrected chi connectivity index (χ1v) is 10.9. The van der Waals surface area contributed by atoms with Crippen molar-refractivity contribution in [3.63, 3.8) is 0 Å². The minimum absolute atomic E-state index is 0.142. The van der Waals surface area contributed by atoms with Crippen molar-refractivity contribution in [2.75, 3.05) is 33.3 Å². The Morgan fingerprint density at radius 1 is 0.963 bits per heavy atom. The lowest BCUT2D eigenvalue weighted by Gasteiger charge is -2.22. The van der Waals surface area contributed by atoms with Gasteiger partial charge in [0, 0.05) is 36.2 Å². The third-order valence-electron chi connectivity index (χ3n) is 4.59. The second kappa shape index (κ2) is 8.80. The predicted molar refractivity (Wildman–Crippen MR) is 108 cm³/mol. The predicted octanol–water partition coefficient (Wildman–Crippen LogP) is 3.90. The van der Waals surface area contributed by atoms with E-state index in [4.69, 9.17) is 27.9 Å². The SMILES string of the molecule is COc1ccc(CN2CCCN(S(=O)(=O)c3cc(Cl)cc(Cl)c3)CC2)cc1. The highest BCUT2D eigenvalue weighted by Crippen LogP contribution is 2.25. The van der Waals surface area contributed by atoms with Crippen molar-refractivity contribution in [3.05, 3.63) is 58.1 Å². The van der Waals surface area contributed by atoms with Gasteiger partial charge in [0.25, 0.3) is 0 Å². The molecule has 8 heteroatoms. The zero-order chi connectivity index (χ0) is 19.4. The Labute approximate surface area is 170 Å². The summed E-state index contributed by atoms with van der Waals surface area (Å²) < 4.78 is 32.6. The minimum Gasteiger partial charge on any atom is -0.497 e. The number of ether oxygens (including phenoxy) is 1. The number of methoxy groups -OCH3 is 1. The molecule has 1 heterocycles. The molecule has 0 aliphatic carbocycles. The van der Waals surface area contributed by atoms with Gasteiger partial charge >= 0.3 is 0 Å². The number of benzene rings is 2. The highest BCUT2D eigenvalue weighted by Gasteiger charge is 2.27. The molecule has 0 N–H and O–H groups in total. The summed E-state index contributed by atoms with van der Waals surface area (Å²) >= 11 is 12.0. The molecule has 1 fully saturated rings. The fourth-order valence-corrected chi connectivity index (χ4v) is 5.36. The molecular formula is C19H22Cl2N2O3S. The van der Waals surface area contributed by atoms with E-state index >= 15 is 0 Å². The number of nitrogens with zero attached hydrogens (tertiary/aromatic N) is 2. The zero-order valence-electron chi connectivity index (χ0n) is 15.1. The molecule has 3 rings (SSSR count). The highest BCUT2D eigenvalue weighted by atomic mass is 35.5. The molecule has 0 amide bonds. The molecule has 0 unspecified atom stereocenters. The van der Waals surface area contributed by atoms with Crippen LogP contribution in [-0.4, -0.2) is 50.9 Å². The van der Waals surface area contributed by atoms with E-state index in [2.05, 4.69) is 4.90 Å². The summed E-state index contributed by atoms with van der Waals surface area (Å²) in [6.07, 6.45) is 0.768. The summed E-state index contributed by atoms with van der Waals surface area (Å²) in [5, 5.41) is 0.633. The van der Waals surface area contributed by atoms with E-state index in [0.717, 1.165) is 25.3 Å². The average molecular weight is 429 g/mol. The van der Waals surface area contributed by atoms with E-state index in [0.29, 0.717) is 29.7 Å². The number of halogens is 2. The molecule has 1 saturated heterocycles. The van der Waals surface area contributed by atoms with Crippen LogP contribution in [0.5, 0.6) is 5.75 Å². The summed E-state index contributed by atoms with van der Waals surface area (Å²) in [4.78, 5) is 2.41. The molecule has 5 nitrogen and oxygen atoms in total. The molecule has 2 aromatic carbocycles.